The molecule has 0 aliphatic rings. The molecule has 0 saturated carbocycles. The van der Waals surface area contributed by atoms with Crippen molar-refractivity contribution in [1.82, 2.24) is 4.90 Å². The molecule has 1 aromatic carbocycles. The molecule has 0 spiro atoms. The molecule has 1 amide bonds. The Balaban J connectivity index is 3.22. The Morgan fingerprint density at radius 3 is 2.38 bits per heavy atom. The minimum Gasteiger partial charge on any atom is -0.496 e. The van der Waals surface area contributed by atoms with Gasteiger partial charge in [-0.05, 0) is 30.9 Å². The van der Waals surface area contributed by atoms with Crippen molar-refractivity contribution in [1.29, 1.82) is 0 Å². The number of ether oxygens (including phenoxy) is 1. The molecule has 0 fully saturated rings. The third kappa shape index (κ3) is 4.13. The summed E-state index contributed by atoms with van der Waals surface area (Å²) < 4.78 is 5.32. The molecule has 1 rings (SSSR count). The first-order valence-electron chi connectivity index (χ1n) is 7.69. The molecule has 0 aromatic heterocycles. The fraction of sp³-hybridized carbons (Fsp3) is 0.588. The molecule has 0 unspecified atom stereocenters. The normalized spacial score (nSPS) is 11.0. The van der Waals surface area contributed by atoms with E-state index in [4.69, 9.17) is 10.5 Å². The smallest absolute Gasteiger partial charge is 0.259 e. The van der Waals surface area contributed by atoms with Crippen LogP contribution in [-0.4, -0.2) is 30.5 Å². The highest BCUT2D eigenvalue weighted by atomic mass is 16.5. The lowest BCUT2D eigenvalue weighted by molar-refractivity contribution is 0.0638. The number of carbonyl (C=O) groups is 1. The molecule has 118 valence electrons. The summed E-state index contributed by atoms with van der Waals surface area (Å²) in [6, 6.07) is 5.55. The predicted molar refractivity (Wildman–Crippen MR) is 87.7 cm³/mol. The Morgan fingerprint density at radius 1 is 1.29 bits per heavy atom. The van der Waals surface area contributed by atoms with Gasteiger partial charge in [0.1, 0.15) is 11.3 Å². The van der Waals surface area contributed by atoms with Crippen molar-refractivity contribution in [3.8, 4) is 5.75 Å². The van der Waals surface area contributed by atoms with Gasteiger partial charge in [0.05, 0.1) is 7.11 Å². The number of nitrogen functional groups attached to an aromatic ring is 1. The van der Waals surface area contributed by atoms with Gasteiger partial charge in [0.2, 0.25) is 0 Å². The average Bonchev–Trinajstić information content (AvgIpc) is 2.46. The van der Waals surface area contributed by atoms with Crippen molar-refractivity contribution in [2.45, 2.75) is 46.6 Å². The average molecular weight is 292 g/mol. The fourth-order valence-corrected chi connectivity index (χ4v) is 2.61. The lowest BCUT2D eigenvalue weighted by atomic mass is 10.0. The first kappa shape index (κ1) is 17.3. The molecule has 2 N–H and O–H groups in total. The minimum atomic E-state index is -0.0349. The van der Waals surface area contributed by atoms with Crippen LogP contribution in [-0.2, 0) is 0 Å². The Morgan fingerprint density at radius 2 is 1.90 bits per heavy atom. The van der Waals surface area contributed by atoms with Crippen LogP contribution in [0, 0.1) is 5.92 Å². The molecule has 0 radical (unpaired) electrons. The van der Waals surface area contributed by atoms with Crippen molar-refractivity contribution in [3.63, 3.8) is 0 Å². The number of hydrogen-bond acceptors (Lipinski definition) is 3. The summed E-state index contributed by atoms with van der Waals surface area (Å²) in [5.74, 6) is 0.914. The van der Waals surface area contributed by atoms with E-state index in [0.29, 0.717) is 22.9 Å². The molecule has 0 atom stereocenters. The lowest BCUT2D eigenvalue weighted by Gasteiger charge is -2.33. The Bertz CT molecular complexity index is 468. The minimum absolute atomic E-state index is 0.0349. The van der Waals surface area contributed by atoms with E-state index in [1.807, 2.05) is 4.90 Å². The third-order valence-electron chi connectivity index (χ3n) is 3.70. The van der Waals surface area contributed by atoms with Gasteiger partial charge in [-0.15, -0.1) is 0 Å². The molecule has 0 saturated heterocycles. The maximum Gasteiger partial charge on any atom is 0.259 e. The molecule has 4 nitrogen and oxygen atoms in total. The summed E-state index contributed by atoms with van der Waals surface area (Å²) in [7, 11) is 1.56. The van der Waals surface area contributed by atoms with E-state index in [-0.39, 0.29) is 11.9 Å². The van der Waals surface area contributed by atoms with E-state index in [9.17, 15) is 4.79 Å². The van der Waals surface area contributed by atoms with Crippen molar-refractivity contribution in [2.24, 2.45) is 5.92 Å². The SMILES string of the molecule is CCC(CC)N(CC(C)C)C(=O)c1c(N)cccc1OC. The van der Waals surface area contributed by atoms with Gasteiger partial charge in [-0.2, -0.15) is 0 Å². The Kier molecular flexibility index (Phi) is 6.53. The van der Waals surface area contributed by atoms with Gasteiger partial charge in [-0.25, -0.2) is 0 Å². The standard InChI is InChI=1S/C17H28N2O2/c1-6-13(7-2)19(11-12(3)4)17(20)16-14(18)9-8-10-15(16)21-5/h8-10,12-13H,6-7,11,18H2,1-5H3. The van der Waals surface area contributed by atoms with E-state index in [0.717, 1.165) is 19.4 Å². The maximum atomic E-state index is 13.0. The van der Waals surface area contributed by atoms with Crippen LogP contribution >= 0.6 is 0 Å². The van der Waals surface area contributed by atoms with Gasteiger partial charge in [-0.3, -0.25) is 4.79 Å². The number of methoxy groups -OCH3 is 1. The van der Waals surface area contributed by atoms with Crippen LogP contribution in [0.3, 0.4) is 0 Å². The molecule has 0 heterocycles. The topological polar surface area (TPSA) is 55.6 Å². The van der Waals surface area contributed by atoms with Gasteiger partial charge in [-0.1, -0.05) is 33.8 Å². The van der Waals surface area contributed by atoms with Gasteiger partial charge in [0.25, 0.3) is 5.91 Å². The van der Waals surface area contributed by atoms with E-state index in [2.05, 4.69) is 27.7 Å². The zero-order valence-electron chi connectivity index (χ0n) is 13.8. The summed E-state index contributed by atoms with van der Waals surface area (Å²) in [5.41, 5.74) is 6.97. The van der Waals surface area contributed by atoms with Crippen molar-refractivity contribution >= 4 is 11.6 Å². The number of anilines is 1. The number of hydrogen-bond donors (Lipinski definition) is 1. The Hall–Kier alpha value is -1.71. The highest BCUT2D eigenvalue weighted by molar-refractivity contribution is 6.02. The van der Waals surface area contributed by atoms with E-state index < -0.39 is 0 Å². The van der Waals surface area contributed by atoms with Crippen LogP contribution in [0.1, 0.15) is 50.9 Å². The van der Waals surface area contributed by atoms with Gasteiger partial charge in [0.15, 0.2) is 0 Å². The van der Waals surface area contributed by atoms with Crippen LogP contribution in [0.2, 0.25) is 0 Å². The van der Waals surface area contributed by atoms with E-state index >= 15 is 0 Å². The van der Waals surface area contributed by atoms with Crippen LogP contribution < -0.4 is 10.5 Å². The zero-order valence-corrected chi connectivity index (χ0v) is 13.8. The second-order valence-electron chi connectivity index (χ2n) is 5.75. The maximum absolute atomic E-state index is 13.0. The van der Waals surface area contributed by atoms with E-state index in [1.165, 1.54) is 0 Å². The van der Waals surface area contributed by atoms with Gasteiger partial charge in [0, 0.05) is 18.3 Å². The second kappa shape index (κ2) is 7.91. The molecule has 0 aliphatic carbocycles. The number of nitrogens with two attached hydrogens (primary N) is 1. The first-order valence-corrected chi connectivity index (χ1v) is 7.69. The van der Waals surface area contributed by atoms with Crippen LogP contribution in [0.5, 0.6) is 5.75 Å². The quantitative estimate of drug-likeness (QED) is 0.782. The summed E-state index contributed by atoms with van der Waals surface area (Å²) >= 11 is 0. The number of amides is 1. The molecular weight excluding hydrogens is 264 g/mol. The fourth-order valence-electron chi connectivity index (χ4n) is 2.61. The zero-order chi connectivity index (χ0) is 16.0. The molecule has 0 bridgehead atoms. The molecule has 21 heavy (non-hydrogen) atoms. The number of carbonyl (C=O) groups excluding carboxylic acids is 1. The largest absolute Gasteiger partial charge is 0.496 e. The molecule has 0 aliphatic heterocycles. The van der Waals surface area contributed by atoms with Crippen molar-refractivity contribution in [3.05, 3.63) is 23.8 Å². The number of rotatable bonds is 7. The van der Waals surface area contributed by atoms with Crippen LogP contribution in [0.25, 0.3) is 0 Å². The first-order chi connectivity index (χ1) is 9.96. The summed E-state index contributed by atoms with van der Waals surface area (Å²) in [6.07, 6.45) is 1.87. The number of benzene rings is 1. The van der Waals surface area contributed by atoms with Crippen molar-refractivity contribution in [2.75, 3.05) is 19.4 Å². The third-order valence-corrected chi connectivity index (χ3v) is 3.70. The van der Waals surface area contributed by atoms with Gasteiger partial charge < -0.3 is 15.4 Å². The predicted octanol–water partition coefficient (Wildman–Crippen LogP) is 3.56. The molecular formula is C17H28N2O2. The summed E-state index contributed by atoms with van der Waals surface area (Å²) in [6.45, 7) is 9.19. The highest BCUT2D eigenvalue weighted by Gasteiger charge is 2.27. The van der Waals surface area contributed by atoms with Crippen molar-refractivity contribution < 1.29 is 9.53 Å². The highest BCUT2D eigenvalue weighted by Crippen LogP contribution is 2.27. The van der Waals surface area contributed by atoms with Crippen LogP contribution in [0.4, 0.5) is 5.69 Å². The van der Waals surface area contributed by atoms with E-state index in [1.54, 1.807) is 25.3 Å². The molecule has 4 heteroatoms. The summed E-state index contributed by atoms with van der Waals surface area (Å²) in [4.78, 5) is 14.9. The second-order valence-corrected chi connectivity index (χ2v) is 5.75. The van der Waals surface area contributed by atoms with Crippen LogP contribution in [0.15, 0.2) is 18.2 Å². The number of nitrogens with zero attached hydrogens (tertiary/aromatic N) is 1. The van der Waals surface area contributed by atoms with Gasteiger partial charge >= 0.3 is 0 Å². The summed E-state index contributed by atoms with van der Waals surface area (Å²) in [5, 5.41) is 0. The monoisotopic (exact) mass is 292 g/mol. The lowest BCUT2D eigenvalue weighted by Crippen LogP contribution is -2.42. The Labute approximate surface area is 128 Å². The molecule has 1 aromatic rings.